The molecule has 1 aromatic heterocycles. The predicted molar refractivity (Wildman–Crippen MR) is 120 cm³/mol. The molecule has 29 heavy (non-hydrogen) atoms. The molecule has 2 aromatic carbocycles. The summed E-state index contributed by atoms with van der Waals surface area (Å²) in [6.07, 6.45) is 0. The number of nitrogens with two attached hydrogens (primary N) is 1. The molecule has 3 rings (SSSR count). The molecule has 0 fully saturated rings. The van der Waals surface area contributed by atoms with Gasteiger partial charge in [0.2, 0.25) is 5.88 Å². The Hall–Kier alpha value is -2.92. The molecule has 5 heteroatoms. The monoisotopic (exact) mass is 395 g/mol. The molecule has 0 radical (unpaired) electrons. The maximum absolute atomic E-state index is 12.8. The molecule has 0 saturated heterocycles. The van der Waals surface area contributed by atoms with Gasteiger partial charge >= 0.3 is 0 Å². The van der Waals surface area contributed by atoms with Crippen molar-refractivity contribution in [3.63, 3.8) is 0 Å². The van der Waals surface area contributed by atoms with Crippen LogP contribution in [0.15, 0.2) is 65.5 Å². The third-order valence-electron chi connectivity index (χ3n) is 4.01. The van der Waals surface area contributed by atoms with Crippen LogP contribution in [0, 0.1) is 6.92 Å². The van der Waals surface area contributed by atoms with E-state index in [1.54, 1.807) is 11.5 Å². The van der Waals surface area contributed by atoms with Gasteiger partial charge in [0.05, 0.1) is 18.7 Å². The zero-order valence-electron chi connectivity index (χ0n) is 18.2. The van der Waals surface area contributed by atoms with E-state index in [0.717, 1.165) is 11.1 Å². The average Bonchev–Trinajstić information content (AvgIpc) is 2.80. The second kappa shape index (κ2) is 13.3. The summed E-state index contributed by atoms with van der Waals surface area (Å²) in [5.74, 6) is 0.862. The normalized spacial score (nSPS) is 9.59. The lowest BCUT2D eigenvalue weighted by atomic mass is 10.2. The van der Waals surface area contributed by atoms with Crippen LogP contribution in [0.4, 0.5) is 0 Å². The Morgan fingerprint density at radius 2 is 1.41 bits per heavy atom. The number of ether oxygens (including phenoxy) is 1. The lowest BCUT2D eigenvalue weighted by molar-refractivity contribution is 0.287. The molecule has 0 saturated carbocycles. The van der Waals surface area contributed by atoms with Crippen molar-refractivity contribution in [2.45, 2.75) is 54.3 Å². The molecule has 0 unspecified atom stereocenters. The number of rotatable bonds is 6. The molecule has 0 spiro atoms. The Morgan fingerprint density at radius 3 is 1.93 bits per heavy atom. The number of benzene rings is 2. The van der Waals surface area contributed by atoms with Crippen LogP contribution < -0.4 is 16.0 Å². The van der Waals surface area contributed by atoms with Gasteiger partial charge in [-0.15, -0.1) is 0 Å². The van der Waals surface area contributed by atoms with Crippen molar-refractivity contribution in [1.82, 2.24) is 9.55 Å². The van der Waals surface area contributed by atoms with Gasteiger partial charge < -0.3 is 10.5 Å². The highest BCUT2D eigenvalue weighted by molar-refractivity contribution is 5.25. The summed E-state index contributed by atoms with van der Waals surface area (Å²) in [4.78, 5) is 17.3. The Labute approximate surface area is 174 Å². The van der Waals surface area contributed by atoms with E-state index in [4.69, 9.17) is 10.5 Å². The fraction of sp³-hybridized carbons (Fsp3) is 0.333. The van der Waals surface area contributed by atoms with Crippen molar-refractivity contribution in [2.75, 3.05) is 0 Å². The molecular weight excluding hydrogens is 362 g/mol. The van der Waals surface area contributed by atoms with Crippen molar-refractivity contribution in [3.8, 4) is 5.88 Å². The second-order valence-electron chi connectivity index (χ2n) is 5.81. The molecule has 0 atom stereocenters. The van der Waals surface area contributed by atoms with Crippen LogP contribution in [0.3, 0.4) is 0 Å². The van der Waals surface area contributed by atoms with Crippen LogP contribution in [0.1, 0.15) is 50.2 Å². The summed E-state index contributed by atoms with van der Waals surface area (Å²) in [5, 5.41) is 0. The van der Waals surface area contributed by atoms with Gasteiger partial charge in [-0.25, -0.2) is 0 Å². The highest BCUT2D eigenvalue weighted by atomic mass is 16.5. The van der Waals surface area contributed by atoms with Gasteiger partial charge in [-0.3, -0.25) is 9.36 Å². The highest BCUT2D eigenvalue weighted by Gasteiger charge is 2.14. The van der Waals surface area contributed by atoms with Crippen LogP contribution in [0.25, 0.3) is 0 Å². The van der Waals surface area contributed by atoms with Crippen LogP contribution >= 0.6 is 0 Å². The third-order valence-corrected chi connectivity index (χ3v) is 4.01. The Balaban J connectivity index is 0.000000989. The molecular formula is C24H33N3O2. The minimum atomic E-state index is -0.123. The van der Waals surface area contributed by atoms with Gasteiger partial charge in [-0.2, -0.15) is 4.98 Å². The Kier molecular flexibility index (Phi) is 11.1. The zero-order valence-corrected chi connectivity index (χ0v) is 18.2. The minimum Gasteiger partial charge on any atom is -0.472 e. The maximum Gasteiger partial charge on any atom is 0.260 e. The molecule has 5 nitrogen and oxygen atoms in total. The molecule has 0 aliphatic carbocycles. The van der Waals surface area contributed by atoms with Crippen molar-refractivity contribution >= 4 is 0 Å². The van der Waals surface area contributed by atoms with Crippen molar-refractivity contribution < 1.29 is 4.74 Å². The molecule has 0 aliphatic heterocycles. The zero-order chi connectivity index (χ0) is 21.6. The van der Waals surface area contributed by atoms with E-state index in [9.17, 15) is 4.79 Å². The van der Waals surface area contributed by atoms with Crippen LogP contribution in [-0.4, -0.2) is 9.55 Å². The Bertz CT molecular complexity index is 891. The molecule has 156 valence electrons. The minimum absolute atomic E-state index is 0.123. The summed E-state index contributed by atoms with van der Waals surface area (Å²) in [6.45, 7) is 10.7. The first-order valence-electron chi connectivity index (χ1n) is 10.2. The summed E-state index contributed by atoms with van der Waals surface area (Å²) in [6, 6.07) is 19.6. The first-order chi connectivity index (χ1) is 14.2. The highest BCUT2D eigenvalue weighted by Crippen LogP contribution is 2.14. The van der Waals surface area contributed by atoms with Gasteiger partial charge in [0.25, 0.3) is 5.56 Å². The fourth-order valence-corrected chi connectivity index (χ4v) is 2.62. The van der Waals surface area contributed by atoms with Crippen molar-refractivity contribution in [2.24, 2.45) is 5.73 Å². The summed E-state index contributed by atoms with van der Waals surface area (Å²) < 4.78 is 7.38. The maximum atomic E-state index is 12.8. The van der Waals surface area contributed by atoms with Crippen LogP contribution in [-0.2, 0) is 19.7 Å². The number of hydrogen-bond donors (Lipinski definition) is 1. The standard InChI is InChI=1S/C20H21N3O2.2C2H6/c1-15-19(25-14-17-10-6-3-7-11-17)22-18(12-21)23(20(15)24)13-16-8-4-2-5-9-16;2*1-2/h2-11H,12-14,21H2,1H3;2*1-2H3. The van der Waals surface area contributed by atoms with E-state index >= 15 is 0 Å². The summed E-state index contributed by atoms with van der Waals surface area (Å²) in [5.41, 5.74) is 8.23. The van der Waals surface area contributed by atoms with E-state index in [1.165, 1.54) is 0 Å². The smallest absolute Gasteiger partial charge is 0.260 e. The summed E-state index contributed by atoms with van der Waals surface area (Å²) in [7, 11) is 0. The van der Waals surface area contributed by atoms with Gasteiger partial charge in [0, 0.05) is 0 Å². The SMILES string of the molecule is CC.CC.Cc1c(OCc2ccccc2)nc(CN)n(Cc2ccccc2)c1=O. The quantitative estimate of drug-likeness (QED) is 0.657. The molecule has 0 bridgehead atoms. The fourth-order valence-electron chi connectivity index (χ4n) is 2.62. The summed E-state index contributed by atoms with van der Waals surface area (Å²) >= 11 is 0. The molecule has 3 aromatic rings. The van der Waals surface area contributed by atoms with Crippen molar-refractivity contribution in [1.29, 1.82) is 0 Å². The number of hydrogen-bond acceptors (Lipinski definition) is 4. The topological polar surface area (TPSA) is 70.1 Å². The van der Waals surface area contributed by atoms with Gasteiger partial charge in [0.1, 0.15) is 12.4 Å². The van der Waals surface area contributed by atoms with Crippen LogP contribution in [0.5, 0.6) is 5.88 Å². The van der Waals surface area contributed by atoms with E-state index < -0.39 is 0 Å². The predicted octanol–water partition coefficient (Wildman–Crippen LogP) is 4.69. The lowest BCUT2D eigenvalue weighted by Crippen LogP contribution is -2.29. The molecule has 0 aliphatic rings. The number of aromatic nitrogens is 2. The lowest BCUT2D eigenvalue weighted by Gasteiger charge is -2.15. The van der Waals surface area contributed by atoms with Crippen LogP contribution in [0.2, 0.25) is 0 Å². The first kappa shape index (κ1) is 24.1. The molecule has 0 amide bonds. The van der Waals surface area contributed by atoms with E-state index in [1.807, 2.05) is 88.4 Å². The van der Waals surface area contributed by atoms with Crippen molar-refractivity contribution in [3.05, 3.63) is 93.5 Å². The molecule has 2 N–H and O–H groups in total. The van der Waals surface area contributed by atoms with E-state index in [2.05, 4.69) is 4.98 Å². The second-order valence-corrected chi connectivity index (χ2v) is 5.81. The average molecular weight is 396 g/mol. The van der Waals surface area contributed by atoms with Gasteiger partial charge in [0.15, 0.2) is 0 Å². The van der Waals surface area contributed by atoms with Gasteiger partial charge in [-0.05, 0) is 18.1 Å². The molecule has 1 heterocycles. The third kappa shape index (κ3) is 6.88. The largest absolute Gasteiger partial charge is 0.472 e. The number of nitrogens with zero attached hydrogens (tertiary/aromatic N) is 2. The first-order valence-corrected chi connectivity index (χ1v) is 10.2. The van der Waals surface area contributed by atoms with E-state index in [-0.39, 0.29) is 12.1 Å². The van der Waals surface area contributed by atoms with E-state index in [0.29, 0.717) is 30.4 Å². The Morgan fingerprint density at radius 1 is 0.897 bits per heavy atom. The van der Waals surface area contributed by atoms with Gasteiger partial charge in [-0.1, -0.05) is 88.4 Å².